The normalized spacial score (nSPS) is 10.4. The molecule has 0 atom stereocenters. The number of benzene rings is 2. The van der Waals surface area contributed by atoms with Crippen LogP contribution in [0.5, 0.6) is 11.5 Å². The first-order valence-electron chi connectivity index (χ1n) is 7.95. The zero-order valence-electron chi connectivity index (χ0n) is 14.6. The Morgan fingerprint density at radius 2 is 1.84 bits per heavy atom. The summed E-state index contributed by atoms with van der Waals surface area (Å²) in [5, 5.41) is 0. The standard InChI is InChI=1S/C19H22FNO3S/c1-4-21(12-14-9-10-16(23-2)17(11-14)24-3)19(22)13-25-18-8-6-5-7-15(18)20/h5-11H,4,12-13H2,1-3H3. The Morgan fingerprint density at radius 1 is 1.12 bits per heavy atom. The second-order valence-corrected chi connectivity index (χ2v) is 6.33. The number of thioether (sulfide) groups is 1. The Hall–Kier alpha value is -2.21. The van der Waals surface area contributed by atoms with Crippen LogP contribution in [0.3, 0.4) is 0 Å². The van der Waals surface area contributed by atoms with Gasteiger partial charge in [0.05, 0.1) is 20.0 Å². The van der Waals surface area contributed by atoms with Crippen LogP contribution >= 0.6 is 11.8 Å². The van der Waals surface area contributed by atoms with E-state index in [9.17, 15) is 9.18 Å². The minimum atomic E-state index is -0.303. The highest BCUT2D eigenvalue weighted by Crippen LogP contribution is 2.28. The molecule has 0 fully saturated rings. The molecule has 2 aromatic rings. The Balaban J connectivity index is 2.01. The zero-order chi connectivity index (χ0) is 18.2. The van der Waals surface area contributed by atoms with Crippen molar-refractivity contribution in [3.63, 3.8) is 0 Å². The molecule has 25 heavy (non-hydrogen) atoms. The molecule has 0 aliphatic rings. The largest absolute Gasteiger partial charge is 0.493 e. The topological polar surface area (TPSA) is 38.8 Å². The van der Waals surface area contributed by atoms with Crippen LogP contribution in [0.1, 0.15) is 12.5 Å². The number of rotatable bonds is 8. The van der Waals surface area contributed by atoms with E-state index in [1.165, 1.54) is 17.8 Å². The molecule has 2 rings (SSSR count). The minimum Gasteiger partial charge on any atom is -0.493 e. The maximum Gasteiger partial charge on any atom is 0.233 e. The van der Waals surface area contributed by atoms with Crippen LogP contribution in [-0.4, -0.2) is 37.3 Å². The smallest absolute Gasteiger partial charge is 0.233 e. The number of methoxy groups -OCH3 is 2. The number of ether oxygens (including phenoxy) is 2. The minimum absolute atomic E-state index is 0.0365. The first-order valence-corrected chi connectivity index (χ1v) is 8.93. The van der Waals surface area contributed by atoms with Crippen molar-refractivity contribution in [1.29, 1.82) is 0 Å². The van der Waals surface area contributed by atoms with E-state index in [1.54, 1.807) is 37.3 Å². The maximum atomic E-state index is 13.7. The highest BCUT2D eigenvalue weighted by atomic mass is 32.2. The Morgan fingerprint density at radius 3 is 2.48 bits per heavy atom. The number of amides is 1. The highest BCUT2D eigenvalue weighted by Gasteiger charge is 2.15. The molecule has 134 valence electrons. The van der Waals surface area contributed by atoms with Crippen molar-refractivity contribution < 1.29 is 18.7 Å². The van der Waals surface area contributed by atoms with Gasteiger partial charge in [0, 0.05) is 18.0 Å². The summed E-state index contributed by atoms with van der Waals surface area (Å²) >= 11 is 1.21. The van der Waals surface area contributed by atoms with Gasteiger partial charge in [-0.15, -0.1) is 11.8 Å². The van der Waals surface area contributed by atoms with Gasteiger partial charge in [-0.05, 0) is 36.8 Å². The lowest BCUT2D eigenvalue weighted by atomic mass is 10.2. The summed E-state index contributed by atoms with van der Waals surface area (Å²) in [5.74, 6) is 1.14. The average Bonchev–Trinajstić information content (AvgIpc) is 2.64. The molecule has 0 spiro atoms. The Kier molecular flexibility index (Phi) is 7.13. The number of hydrogen-bond acceptors (Lipinski definition) is 4. The lowest BCUT2D eigenvalue weighted by Gasteiger charge is -2.21. The van der Waals surface area contributed by atoms with Gasteiger partial charge in [0.15, 0.2) is 11.5 Å². The van der Waals surface area contributed by atoms with Gasteiger partial charge >= 0.3 is 0 Å². The summed E-state index contributed by atoms with van der Waals surface area (Å²) in [6, 6.07) is 12.1. The van der Waals surface area contributed by atoms with Crippen LogP contribution in [0.15, 0.2) is 47.4 Å². The molecule has 0 radical (unpaired) electrons. The summed E-state index contributed by atoms with van der Waals surface area (Å²) in [5.41, 5.74) is 0.948. The van der Waals surface area contributed by atoms with Crippen molar-refractivity contribution in [2.24, 2.45) is 0 Å². The molecular formula is C19H22FNO3S. The number of nitrogens with zero attached hydrogens (tertiary/aromatic N) is 1. The molecule has 0 bridgehead atoms. The monoisotopic (exact) mass is 363 g/mol. The van der Waals surface area contributed by atoms with Crippen LogP contribution in [0.25, 0.3) is 0 Å². The van der Waals surface area contributed by atoms with Crippen molar-refractivity contribution in [3.8, 4) is 11.5 Å². The summed E-state index contributed by atoms with van der Waals surface area (Å²) in [7, 11) is 3.16. The van der Waals surface area contributed by atoms with Gasteiger partial charge in [-0.3, -0.25) is 4.79 Å². The van der Waals surface area contributed by atoms with Gasteiger partial charge in [-0.25, -0.2) is 4.39 Å². The third-order valence-corrected chi connectivity index (χ3v) is 4.78. The molecule has 0 aromatic heterocycles. The maximum absolute atomic E-state index is 13.7. The van der Waals surface area contributed by atoms with Crippen molar-refractivity contribution >= 4 is 17.7 Å². The van der Waals surface area contributed by atoms with Gasteiger partial charge < -0.3 is 14.4 Å². The summed E-state index contributed by atoms with van der Waals surface area (Å²) < 4.78 is 24.2. The lowest BCUT2D eigenvalue weighted by Crippen LogP contribution is -2.31. The number of carbonyl (C=O) groups excluding carboxylic acids is 1. The molecule has 0 saturated heterocycles. The molecular weight excluding hydrogens is 341 g/mol. The fourth-order valence-electron chi connectivity index (χ4n) is 2.37. The summed E-state index contributed by atoms with van der Waals surface area (Å²) in [6.45, 7) is 2.96. The number of carbonyl (C=O) groups is 1. The molecule has 0 saturated carbocycles. The second kappa shape index (κ2) is 9.32. The molecule has 2 aromatic carbocycles. The van der Waals surface area contributed by atoms with Crippen molar-refractivity contribution in [3.05, 3.63) is 53.8 Å². The fraction of sp³-hybridized carbons (Fsp3) is 0.316. The van der Waals surface area contributed by atoms with Crippen molar-refractivity contribution in [2.45, 2.75) is 18.4 Å². The van der Waals surface area contributed by atoms with Crippen LogP contribution < -0.4 is 9.47 Å². The zero-order valence-corrected chi connectivity index (χ0v) is 15.4. The SMILES string of the molecule is CCN(Cc1ccc(OC)c(OC)c1)C(=O)CSc1ccccc1F. The lowest BCUT2D eigenvalue weighted by molar-refractivity contribution is -0.128. The molecule has 0 aliphatic heterocycles. The fourth-order valence-corrected chi connectivity index (χ4v) is 3.21. The van der Waals surface area contributed by atoms with Crippen LogP contribution in [0.2, 0.25) is 0 Å². The Bertz CT molecular complexity index is 724. The van der Waals surface area contributed by atoms with E-state index in [4.69, 9.17) is 9.47 Å². The predicted molar refractivity (Wildman–Crippen MR) is 97.8 cm³/mol. The van der Waals surface area contributed by atoms with E-state index >= 15 is 0 Å². The molecule has 0 heterocycles. The van der Waals surface area contributed by atoms with Crippen LogP contribution in [-0.2, 0) is 11.3 Å². The molecule has 0 unspecified atom stereocenters. The van der Waals surface area contributed by atoms with E-state index in [0.717, 1.165) is 5.56 Å². The van der Waals surface area contributed by atoms with E-state index in [1.807, 2.05) is 25.1 Å². The summed E-state index contributed by atoms with van der Waals surface area (Å²) in [4.78, 5) is 14.7. The molecule has 0 N–H and O–H groups in total. The summed E-state index contributed by atoms with van der Waals surface area (Å²) in [6.07, 6.45) is 0. The van der Waals surface area contributed by atoms with Crippen LogP contribution in [0, 0.1) is 5.82 Å². The van der Waals surface area contributed by atoms with E-state index < -0.39 is 0 Å². The third kappa shape index (κ3) is 5.13. The first-order chi connectivity index (χ1) is 12.1. The molecule has 0 aliphatic carbocycles. The Labute approximate surface area is 151 Å². The predicted octanol–water partition coefficient (Wildman–Crippen LogP) is 3.98. The van der Waals surface area contributed by atoms with E-state index in [-0.39, 0.29) is 17.5 Å². The average molecular weight is 363 g/mol. The number of halogens is 1. The van der Waals surface area contributed by atoms with Gasteiger partial charge in [-0.1, -0.05) is 18.2 Å². The van der Waals surface area contributed by atoms with Crippen molar-refractivity contribution in [1.82, 2.24) is 4.90 Å². The third-order valence-electron chi connectivity index (χ3n) is 3.74. The van der Waals surface area contributed by atoms with Gasteiger partial charge in [0.25, 0.3) is 0 Å². The van der Waals surface area contributed by atoms with E-state index in [2.05, 4.69) is 0 Å². The molecule has 4 nitrogen and oxygen atoms in total. The number of hydrogen-bond donors (Lipinski definition) is 0. The van der Waals surface area contributed by atoms with Crippen molar-refractivity contribution in [2.75, 3.05) is 26.5 Å². The van der Waals surface area contributed by atoms with E-state index in [0.29, 0.717) is 29.5 Å². The van der Waals surface area contributed by atoms with Crippen LogP contribution in [0.4, 0.5) is 4.39 Å². The van der Waals surface area contributed by atoms with Gasteiger partial charge in [0.2, 0.25) is 5.91 Å². The quantitative estimate of drug-likeness (QED) is 0.665. The van der Waals surface area contributed by atoms with Gasteiger partial charge in [-0.2, -0.15) is 0 Å². The first kappa shape index (κ1) is 19.1. The molecule has 6 heteroatoms. The molecule has 1 amide bonds. The highest BCUT2D eigenvalue weighted by molar-refractivity contribution is 8.00. The second-order valence-electron chi connectivity index (χ2n) is 5.32. The van der Waals surface area contributed by atoms with Gasteiger partial charge in [0.1, 0.15) is 5.82 Å².